The Hall–Kier alpha value is -2.94. The summed E-state index contributed by atoms with van der Waals surface area (Å²) in [5, 5.41) is 1.03. The standard InChI is InChI=1S/C23H21FN2/c1-3-5-22(16-6-4-7-16)26-21-11-8-17(12-15(21)2)20-14-25-23-13-18(24)9-10-19(20)23/h4,6-14,25H,3,5H2,1-2H3. The van der Waals surface area contributed by atoms with E-state index in [0.29, 0.717) is 0 Å². The molecule has 4 rings (SSSR count). The van der Waals surface area contributed by atoms with Crippen molar-refractivity contribution < 1.29 is 4.39 Å². The molecule has 1 N–H and O–H groups in total. The molecule has 0 aliphatic heterocycles. The third-order valence-corrected chi connectivity index (χ3v) is 4.78. The summed E-state index contributed by atoms with van der Waals surface area (Å²) in [6.45, 7) is 4.26. The van der Waals surface area contributed by atoms with Crippen molar-refractivity contribution in [3.05, 3.63) is 77.8 Å². The molecule has 0 amide bonds. The zero-order chi connectivity index (χ0) is 18.1. The van der Waals surface area contributed by atoms with Gasteiger partial charge < -0.3 is 4.98 Å². The molecule has 0 spiro atoms. The summed E-state index contributed by atoms with van der Waals surface area (Å²) in [5.74, 6) is -0.227. The number of nitrogens with one attached hydrogen (secondary N) is 1. The smallest absolute Gasteiger partial charge is 0.125 e. The van der Waals surface area contributed by atoms with Gasteiger partial charge in [-0.2, -0.15) is 0 Å². The molecular weight excluding hydrogens is 323 g/mol. The molecule has 130 valence electrons. The molecule has 3 aromatic rings. The molecule has 0 atom stereocenters. The Morgan fingerprint density at radius 2 is 2.00 bits per heavy atom. The minimum absolute atomic E-state index is 0.227. The Bertz CT molecular complexity index is 1070. The number of benzene rings is 2. The van der Waals surface area contributed by atoms with Gasteiger partial charge in [-0.1, -0.05) is 37.6 Å². The quantitative estimate of drug-likeness (QED) is 0.502. The van der Waals surface area contributed by atoms with Crippen molar-refractivity contribution in [1.29, 1.82) is 0 Å². The van der Waals surface area contributed by atoms with Crippen LogP contribution in [0.2, 0.25) is 0 Å². The molecule has 0 unspecified atom stereocenters. The Balaban J connectivity index is 1.71. The van der Waals surface area contributed by atoms with Crippen molar-refractivity contribution in [2.24, 2.45) is 4.99 Å². The van der Waals surface area contributed by atoms with E-state index in [1.807, 2.05) is 12.3 Å². The molecule has 1 aliphatic carbocycles. The summed E-state index contributed by atoms with van der Waals surface area (Å²) < 4.78 is 13.4. The van der Waals surface area contributed by atoms with E-state index in [-0.39, 0.29) is 5.82 Å². The highest BCUT2D eigenvalue weighted by molar-refractivity contribution is 6.06. The maximum atomic E-state index is 13.4. The topological polar surface area (TPSA) is 28.1 Å². The van der Waals surface area contributed by atoms with E-state index < -0.39 is 0 Å². The number of rotatable bonds is 5. The van der Waals surface area contributed by atoms with Crippen LogP contribution in [0.3, 0.4) is 0 Å². The van der Waals surface area contributed by atoms with Gasteiger partial charge in [-0.25, -0.2) is 4.39 Å². The van der Waals surface area contributed by atoms with Crippen molar-refractivity contribution >= 4 is 22.3 Å². The fourth-order valence-electron chi connectivity index (χ4n) is 3.32. The monoisotopic (exact) mass is 344 g/mol. The number of nitrogens with zero attached hydrogens (tertiary/aromatic N) is 1. The van der Waals surface area contributed by atoms with Crippen LogP contribution < -0.4 is 0 Å². The maximum Gasteiger partial charge on any atom is 0.125 e. The fraction of sp³-hybridized carbons (Fsp3) is 0.174. The van der Waals surface area contributed by atoms with Crippen LogP contribution >= 0.6 is 0 Å². The lowest BCUT2D eigenvalue weighted by Gasteiger charge is -2.12. The number of aromatic amines is 1. The van der Waals surface area contributed by atoms with Gasteiger partial charge in [-0.3, -0.25) is 4.99 Å². The Labute approximate surface area is 152 Å². The van der Waals surface area contributed by atoms with Crippen molar-refractivity contribution in [2.45, 2.75) is 26.7 Å². The lowest BCUT2D eigenvalue weighted by molar-refractivity contribution is 0.629. The molecule has 3 heteroatoms. The molecular formula is C23H21FN2. The SMILES string of the molecule is CCCC(=Nc1ccc(-c2c[nH]c3cc(F)ccc23)cc1C)C1=CC=C1. The molecule has 1 aromatic heterocycles. The number of allylic oxidation sites excluding steroid dienone is 4. The minimum Gasteiger partial charge on any atom is -0.360 e. The average Bonchev–Trinajstić information content (AvgIpc) is 2.98. The zero-order valence-corrected chi connectivity index (χ0v) is 15.0. The number of hydrogen-bond acceptors (Lipinski definition) is 1. The second-order valence-corrected chi connectivity index (χ2v) is 6.68. The lowest BCUT2D eigenvalue weighted by Crippen LogP contribution is -2.03. The van der Waals surface area contributed by atoms with Crippen LogP contribution in [-0.2, 0) is 0 Å². The third-order valence-electron chi connectivity index (χ3n) is 4.78. The highest BCUT2D eigenvalue weighted by Crippen LogP contribution is 2.32. The van der Waals surface area contributed by atoms with Crippen molar-refractivity contribution in [2.75, 3.05) is 0 Å². The first kappa shape index (κ1) is 16.5. The summed E-state index contributed by atoms with van der Waals surface area (Å²) in [6, 6.07) is 11.2. The highest BCUT2D eigenvalue weighted by atomic mass is 19.1. The van der Waals surface area contributed by atoms with E-state index >= 15 is 0 Å². The Kier molecular flexibility index (Phi) is 4.29. The van der Waals surface area contributed by atoms with Crippen LogP contribution in [0.15, 0.2) is 71.4 Å². The van der Waals surface area contributed by atoms with Gasteiger partial charge in [0.15, 0.2) is 0 Å². The van der Waals surface area contributed by atoms with E-state index in [1.165, 1.54) is 17.7 Å². The van der Waals surface area contributed by atoms with E-state index in [1.54, 1.807) is 0 Å². The largest absolute Gasteiger partial charge is 0.360 e. The maximum absolute atomic E-state index is 13.4. The van der Waals surface area contributed by atoms with Gasteiger partial charge in [-0.15, -0.1) is 0 Å². The number of aromatic nitrogens is 1. The van der Waals surface area contributed by atoms with Gasteiger partial charge in [0.1, 0.15) is 5.82 Å². The van der Waals surface area contributed by atoms with Crippen LogP contribution in [0.1, 0.15) is 25.3 Å². The zero-order valence-electron chi connectivity index (χ0n) is 15.0. The third kappa shape index (κ3) is 3.01. The first-order chi connectivity index (χ1) is 12.7. The van der Waals surface area contributed by atoms with Gasteiger partial charge in [0.05, 0.1) is 5.69 Å². The summed E-state index contributed by atoms with van der Waals surface area (Å²) in [5.41, 5.74) is 7.52. The molecule has 0 bridgehead atoms. The molecule has 0 saturated heterocycles. The Morgan fingerprint density at radius 3 is 2.69 bits per heavy atom. The van der Waals surface area contributed by atoms with E-state index in [0.717, 1.165) is 51.8 Å². The summed E-state index contributed by atoms with van der Waals surface area (Å²) in [6.07, 6.45) is 10.3. The van der Waals surface area contributed by atoms with Crippen molar-refractivity contribution in [1.82, 2.24) is 4.98 Å². The lowest BCUT2D eigenvalue weighted by atomic mass is 9.98. The Morgan fingerprint density at radius 1 is 1.15 bits per heavy atom. The number of halogens is 1. The van der Waals surface area contributed by atoms with Gasteiger partial charge >= 0.3 is 0 Å². The molecule has 2 aromatic carbocycles. The number of aliphatic imine (C=N–C) groups is 1. The first-order valence-electron chi connectivity index (χ1n) is 8.99. The van der Waals surface area contributed by atoms with Crippen molar-refractivity contribution in [3.63, 3.8) is 0 Å². The normalized spacial score (nSPS) is 13.8. The number of H-pyrrole nitrogens is 1. The van der Waals surface area contributed by atoms with Crippen LogP contribution in [0.5, 0.6) is 0 Å². The van der Waals surface area contributed by atoms with Gasteiger partial charge in [0.2, 0.25) is 0 Å². The predicted molar refractivity (Wildman–Crippen MR) is 108 cm³/mol. The number of aryl methyl sites for hydroxylation is 1. The molecule has 0 fully saturated rings. The predicted octanol–water partition coefficient (Wildman–Crippen LogP) is 6.65. The van der Waals surface area contributed by atoms with Crippen LogP contribution in [0, 0.1) is 12.7 Å². The highest BCUT2D eigenvalue weighted by Gasteiger charge is 2.11. The van der Waals surface area contributed by atoms with Crippen LogP contribution in [0.25, 0.3) is 22.0 Å². The fourth-order valence-corrected chi connectivity index (χ4v) is 3.32. The summed E-state index contributed by atoms with van der Waals surface area (Å²) >= 11 is 0. The second-order valence-electron chi connectivity index (χ2n) is 6.68. The first-order valence-corrected chi connectivity index (χ1v) is 8.99. The molecule has 26 heavy (non-hydrogen) atoms. The van der Waals surface area contributed by atoms with Crippen LogP contribution in [-0.4, -0.2) is 10.7 Å². The minimum atomic E-state index is -0.227. The van der Waals surface area contributed by atoms with Gasteiger partial charge in [-0.05, 0) is 60.4 Å². The molecule has 0 radical (unpaired) electrons. The van der Waals surface area contributed by atoms with Crippen molar-refractivity contribution in [3.8, 4) is 11.1 Å². The van der Waals surface area contributed by atoms with E-state index in [9.17, 15) is 4.39 Å². The molecule has 0 saturated carbocycles. The van der Waals surface area contributed by atoms with Gasteiger partial charge in [0, 0.05) is 28.4 Å². The second kappa shape index (κ2) is 6.75. The molecule has 1 aliphatic rings. The van der Waals surface area contributed by atoms with E-state index in [2.05, 4.69) is 55.3 Å². The van der Waals surface area contributed by atoms with Gasteiger partial charge in [0.25, 0.3) is 0 Å². The number of fused-ring (bicyclic) bond motifs is 1. The molecule has 2 nitrogen and oxygen atoms in total. The summed E-state index contributed by atoms with van der Waals surface area (Å²) in [4.78, 5) is 8.06. The van der Waals surface area contributed by atoms with Crippen LogP contribution in [0.4, 0.5) is 10.1 Å². The summed E-state index contributed by atoms with van der Waals surface area (Å²) in [7, 11) is 0. The molecule has 1 heterocycles. The number of hydrogen-bond donors (Lipinski definition) is 1. The average molecular weight is 344 g/mol. The van der Waals surface area contributed by atoms with E-state index in [4.69, 9.17) is 4.99 Å².